The summed E-state index contributed by atoms with van der Waals surface area (Å²) in [6.45, 7) is 9.35. The Balaban J connectivity index is 1.49. The Bertz CT molecular complexity index is 1310. The number of H-pyrrole nitrogens is 1. The molecule has 0 aliphatic carbocycles. The lowest BCUT2D eigenvalue weighted by Gasteiger charge is -2.11. The smallest absolute Gasteiger partial charge is 0.191 e. The highest BCUT2D eigenvalue weighted by Crippen LogP contribution is 2.24. The number of thioether (sulfide) groups is 1. The monoisotopic (exact) mass is 448 g/mol. The van der Waals surface area contributed by atoms with E-state index in [-0.39, 0.29) is 5.43 Å². The van der Waals surface area contributed by atoms with Crippen LogP contribution in [0.25, 0.3) is 10.9 Å². The summed E-state index contributed by atoms with van der Waals surface area (Å²) in [5, 5.41) is 10.3. The van der Waals surface area contributed by atoms with Gasteiger partial charge in [0.05, 0.1) is 0 Å². The molecule has 2 aromatic carbocycles. The predicted molar refractivity (Wildman–Crippen MR) is 129 cm³/mol. The fourth-order valence-electron chi connectivity index (χ4n) is 3.64. The van der Waals surface area contributed by atoms with E-state index in [9.17, 15) is 4.79 Å². The first-order valence-electron chi connectivity index (χ1n) is 10.9. The Morgan fingerprint density at radius 2 is 1.91 bits per heavy atom. The van der Waals surface area contributed by atoms with Crippen molar-refractivity contribution in [3.05, 3.63) is 80.9 Å². The van der Waals surface area contributed by atoms with E-state index >= 15 is 0 Å². The molecule has 0 aliphatic rings. The highest BCUT2D eigenvalue weighted by atomic mass is 32.2. The molecule has 2 heterocycles. The zero-order chi connectivity index (χ0) is 22.7. The fraction of sp³-hybridized carbons (Fsp3) is 0.320. The van der Waals surface area contributed by atoms with Crippen LogP contribution in [0.3, 0.4) is 0 Å². The lowest BCUT2D eigenvalue weighted by Crippen LogP contribution is -2.08. The van der Waals surface area contributed by atoms with E-state index in [0.29, 0.717) is 12.4 Å². The average Bonchev–Trinajstić information content (AvgIpc) is 3.19. The van der Waals surface area contributed by atoms with Gasteiger partial charge in [0.1, 0.15) is 12.4 Å². The lowest BCUT2D eigenvalue weighted by atomic mass is 10.1. The van der Waals surface area contributed by atoms with Gasteiger partial charge in [-0.05, 0) is 62.1 Å². The summed E-state index contributed by atoms with van der Waals surface area (Å²) in [6, 6.07) is 13.9. The van der Waals surface area contributed by atoms with Crippen LogP contribution >= 0.6 is 11.8 Å². The SMILES string of the molecule is CCc1ccc2[nH]c(CSc3nnc(COc4cc(C)ccc4C)n3CC)cc(=O)c2c1. The molecule has 0 atom stereocenters. The predicted octanol–water partition coefficient (Wildman–Crippen LogP) is 5.19. The number of aromatic nitrogens is 4. The fourth-order valence-corrected chi connectivity index (χ4v) is 4.57. The third kappa shape index (κ3) is 4.72. The molecule has 7 heteroatoms. The molecular weight excluding hydrogens is 420 g/mol. The number of benzene rings is 2. The van der Waals surface area contributed by atoms with Gasteiger partial charge < -0.3 is 14.3 Å². The van der Waals surface area contributed by atoms with Crippen molar-refractivity contribution < 1.29 is 4.74 Å². The van der Waals surface area contributed by atoms with Crippen molar-refractivity contribution in [1.29, 1.82) is 0 Å². The van der Waals surface area contributed by atoms with Crippen LogP contribution in [-0.2, 0) is 25.3 Å². The summed E-state index contributed by atoms with van der Waals surface area (Å²) in [5.41, 5.74) is 5.20. The van der Waals surface area contributed by atoms with Gasteiger partial charge >= 0.3 is 0 Å². The molecule has 0 saturated carbocycles. The zero-order valence-electron chi connectivity index (χ0n) is 18.9. The second-order valence-electron chi connectivity index (χ2n) is 7.88. The molecule has 0 unspecified atom stereocenters. The van der Waals surface area contributed by atoms with Crippen LogP contribution in [0, 0.1) is 13.8 Å². The van der Waals surface area contributed by atoms with Crippen molar-refractivity contribution in [3.8, 4) is 5.75 Å². The van der Waals surface area contributed by atoms with Crippen LogP contribution in [0.5, 0.6) is 5.75 Å². The number of fused-ring (bicyclic) bond motifs is 1. The summed E-state index contributed by atoms with van der Waals surface area (Å²) >= 11 is 1.56. The number of ether oxygens (including phenoxy) is 1. The standard InChI is InChI=1S/C25H28N4O2S/c1-5-18-9-10-21-20(12-18)22(30)13-19(26-21)15-32-25-28-27-24(29(25)6-2)14-31-23-11-16(3)7-8-17(23)4/h7-13H,5-6,14-15H2,1-4H3,(H,26,30). The number of nitrogens with zero attached hydrogens (tertiary/aromatic N) is 3. The van der Waals surface area contributed by atoms with E-state index in [4.69, 9.17) is 4.74 Å². The summed E-state index contributed by atoms with van der Waals surface area (Å²) in [5.74, 6) is 2.26. The molecule has 6 nitrogen and oxygen atoms in total. The number of rotatable bonds is 8. The van der Waals surface area contributed by atoms with Crippen molar-refractivity contribution in [1.82, 2.24) is 19.7 Å². The first-order valence-corrected chi connectivity index (χ1v) is 11.9. The van der Waals surface area contributed by atoms with Gasteiger partial charge in [0, 0.05) is 35.0 Å². The third-order valence-corrected chi connectivity index (χ3v) is 6.54. The van der Waals surface area contributed by atoms with Gasteiger partial charge in [-0.15, -0.1) is 10.2 Å². The Hall–Kier alpha value is -3.06. The number of hydrogen-bond donors (Lipinski definition) is 1. The Labute approximate surface area is 192 Å². The van der Waals surface area contributed by atoms with E-state index < -0.39 is 0 Å². The van der Waals surface area contributed by atoms with Gasteiger partial charge in [0.2, 0.25) is 0 Å². The maximum Gasteiger partial charge on any atom is 0.191 e. The van der Waals surface area contributed by atoms with E-state index in [1.807, 2.05) is 25.1 Å². The number of nitrogens with one attached hydrogen (secondary N) is 1. The lowest BCUT2D eigenvalue weighted by molar-refractivity contribution is 0.286. The van der Waals surface area contributed by atoms with Crippen molar-refractivity contribution in [3.63, 3.8) is 0 Å². The summed E-state index contributed by atoms with van der Waals surface area (Å²) < 4.78 is 8.08. The van der Waals surface area contributed by atoms with Crippen LogP contribution in [0.4, 0.5) is 0 Å². The molecule has 2 aromatic heterocycles. The molecule has 0 spiro atoms. The Kier molecular flexibility index (Phi) is 6.65. The largest absolute Gasteiger partial charge is 0.485 e. The maximum absolute atomic E-state index is 12.6. The van der Waals surface area contributed by atoms with Crippen molar-refractivity contribution >= 4 is 22.7 Å². The third-order valence-electron chi connectivity index (χ3n) is 5.53. The van der Waals surface area contributed by atoms with Crippen LogP contribution in [0.1, 0.15) is 42.1 Å². The van der Waals surface area contributed by atoms with Crippen molar-refractivity contribution in [2.45, 2.75) is 58.2 Å². The van der Waals surface area contributed by atoms with Gasteiger partial charge in [-0.25, -0.2) is 0 Å². The number of aromatic amines is 1. The average molecular weight is 449 g/mol. The number of hydrogen-bond acceptors (Lipinski definition) is 5. The molecule has 4 rings (SSSR count). The minimum absolute atomic E-state index is 0.0456. The van der Waals surface area contributed by atoms with E-state index in [0.717, 1.165) is 63.0 Å². The maximum atomic E-state index is 12.6. The van der Waals surface area contributed by atoms with E-state index in [2.05, 4.69) is 58.7 Å². The molecule has 0 saturated heterocycles. The molecule has 32 heavy (non-hydrogen) atoms. The van der Waals surface area contributed by atoms with Gasteiger partial charge in [-0.3, -0.25) is 4.79 Å². The minimum atomic E-state index is 0.0456. The highest BCUT2D eigenvalue weighted by Gasteiger charge is 2.13. The van der Waals surface area contributed by atoms with Gasteiger partial charge in [0.15, 0.2) is 16.4 Å². The van der Waals surface area contributed by atoms with Crippen LogP contribution in [0.2, 0.25) is 0 Å². The van der Waals surface area contributed by atoms with E-state index in [1.165, 1.54) is 0 Å². The van der Waals surface area contributed by atoms with Gasteiger partial charge in [-0.2, -0.15) is 0 Å². The van der Waals surface area contributed by atoms with Crippen LogP contribution < -0.4 is 10.2 Å². The normalized spacial score (nSPS) is 11.2. The first kappa shape index (κ1) is 22.1. The molecule has 166 valence electrons. The number of pyridine rings is 1. The van der Waals surface area contributed by atoms with Gasteiger partial charge in [0.25, 0.3) is 0 Å². The minimum Gasteiger partial charge on any atom is -0.485 e. The topological polar surface area (TPSA) is 72.8 Å². The molecule has 1 N–H and O–H groups in total. The number of aryl methyl sites for hydroxylation is 3. The molecule has 0 fully saturated rings. The molecule has 0 radical (unpaired) electrons. The summed E-state index contributed by atoms with van der Waals surface area (Å²) in [7, 11) is 0. The van der Waals surface area contributed by atoms with Gasteiger partial charge in [-0.1, -0.05) is 36.9 Å². The first-order chi connectivity index (χ1) is 15.5. The second kappa shape index (κ2) is 9.61. The quantitative estimate of drug-likeness (QED) is 0.376. The molecule has 4 aromatic rings. The highest BCUT2D eigenvalue weighted by molar-refractivity contribution is 7.98. The second-order valence-corrected chi connectivity index (χ2v) is 8.82. The van der Waals surface area contributed by atoms with Crippen LogP contribution in [0.15, 0.2) is 52.4 Å². The van der Waals surface area contributed by atoms with Crippen LogP contribution in [-0.4, -0.2) is 19.7 Å². The molecule has 0 amide bonds. The molecular formula is C25H28N4O2S. The Morgan fingerprint density at radius 1 is 1.06 bits per heavy atom. The summed E-state index contributed by atoms with van der Waals surface area (Å²) in [4.78, 5) is 16.0. The molecule has 0 bridgehead atoms. The van der Waals surface area contributed by atoms with Crippen molar-refractivity contribution in [2.24, 2.45) is 0 Å². The molecule has 0 aliphatic heterocycles. The van der Waals surface area contributed by atoms with Crippen molar-refractivity contribution in [2.75, 3.05) is 0 Å². The Morgan fingerprint density at radius 3 is 2.69 bits per heavy atom. The zero-order valence-corrected chi connectivity index (χ0v) is 19.8. The van der Waals surface area contributed by atoms with E-state index in [1.54, 1.807) is 17.8 Å². The summed E-state index contributed by atoms with van der Waals surface area (Å²) in [6.07, 6.45) is 0.912.